The van der Waals surface area contributed by atoms with Gasteiger partial charge in [-0.25, -0.2) is 19.2 Å². The number of ether oxygens (including phenoxy) is 1. The molecule has 16 heavy (non-hydrogen) atoms. The summed E-state index contributed by atoms with van der Waals surface area (Å²) in [5.74, 6) is -1.46. The van der Waals surface area contributed by atoms with Gasteiger partial charge in [-0.05, 0) is 6.92 Å². The second-order valence-electron chi connectivity index (χ2n) is 4.36. The monoisotopic (exact) mass is 226 g/mol. The van der Waals surface area contributed by atoms with Crippen molar-refractivity contribution in [1.82, 2.24) is 9.97 Å². The van der Waals surface area contributed by atoms with E-state index in [2.05, 4.69) is 9.97 Å². The van der Waals surface area contributed by atoms with Crippen LogP contribution in [0.5, 0.6) is 0 Å². The number of aromatic nitrogens is 2. The third kappa shape index (κ3) is 2.53. The normalized spacial score (nSPS) is 11.3. The average Bonchev–Trinajstić information content (AvgIpc) is 2.16. The lowest BCUT2D eigenvalue weighted by Gasteiger charge is -2.18. The molecule has 0 bridgehead atoms. The highest BCUT2D eigenvalue weighted by Gasteiger charge is 2.26. The third-order valence-corrected chi connectivity index (χ3v) is 1.97. The molecule has 0 aliphatic heterocycles. The van der Waals surface area contributed by atoms with Crippen molar-refractivity contribution in [3.05, 3.63) is 23.5 Å². The van der Waals surface area contributed by atoms with Crippen molar-refractivity contribution < 1.29 is 13.9 Å². The highest BCUT2D eigenvalue weighted by molar-refractivity contribution is 5.87. The molecule has 0 saturated carbocycles. The smallest absolute Gasteiger partial charge is 0.360 e. The Bertz CT molecular complexity index is 399. The zero-order valence-electron chi connectivity index (χ0n) is 9.87. The van der Waals surface area contributed by atoms with Crippen LogP contribution in [-0.2, 0) is 10.2 Å². The fourth-order valence-electron chi connectivity index (χ4n) is 1.23. The number of esters is 1. The zero-order valence-corrected chi connectivity index (χ0v) is 9.87. The molecule has 1 heterocycles. The van der Waals surface area contributed by atoms with Crippen molar-refractivity contribution in [3.63, 3.8) is 0 Å². The Kier molecular flexibility index (Phi) is 3.57. The molecular weight excluding hydrogens is 211 g/mol. The van der Waals surface area contributed by atoms with E-state index in [1.54, 1.807) is 6.92 Å². The maximum Gasteiger partial charge on any atom is 0.360 e. The molecule has 0 amide bonds. The Morgan fingerprint density at radius 3 is 2.56 bits per heavy atom. The van der Waals surface area contributed by atoms with Gasteiger partial charge in [0, 0.05) is 5.41 Å². The molecule has 4 nitrogen and oxygen atoms in total. The predicted octanol–water partition coefficient (Wildman–Crippen LogP) is 2.09. The largest absolute Gasteiger partial charge is 0.461 e. The number of rotatable bonds is 2. The van der Waals surface area contributed by atoms with Crippen LogP contribution in [0.4, 0.5) is 4.39 Å². The summed E-state index contributed by atoms with van der Waals surface area (Å²) in [6.45, 7) is 7.28. The second kappa shape index (κ2) is 4.55. The van der Waals surface area contributed by atoms with Gasteiger partial charge < -0.3 is 4.74 Å². The lowest BCUT2D eigenvalue weighted by molar-refractivity contribution is 0.0512. The molecule has 0 aliphatic rings. The Balaban J connectivity index is 3.19. The fraction of sp³-hybridized carbons (Fsp3) is 0.545. The summed E-state index contributed by atoms with van der Waals surface area (Å²) in [6, 6.07) is 0. The molecule has 0 aromatic carbocycles. The fourth-order valence-corrected chi connectivity index (χ4v) is 1.23. The molecule has 0 aliphatic carbocycles. The van der Waals surface area contributed by atoms with Gasteiger partial charge in [0.1, 0.15) is 6.33 Å². The van der Waals surface area contributed by atoms with Crippen LogP contribution in [0, 0.1) is 5.82 Å². The van der Waals surface area contributed by atoms with Gasteiger partial charge in [0.05, 0.1) is 12.3 Å². The van der Waals surface area contributed by atoms with Crippen LogP contribution >= 0.6 is 0 Å². The van der Waals surface area contributed by atoms with Crippen molar-refractivity contribution in [3.8, 4) is 0 Å². The van der Waals surface area contributed by atoms with Gasteiger partial charge in [0.25, 0.3) is 0 Å². The second-order valence-corrected chi connectivity index (χ2v) is 4.36. The maximum atomic E-state index is 13.9. The van der Waals surface area contributed by atoms with E-state index in [1.165, 1.54) is 6.33 Å². The minimum atomic E-state index is -0.757. The molecule has 1 rings (SSSR count). The molecule has 0 atom stereocenters. The van der Waals surface area contributed by atoms with Crippen LogP contribution in [0.2, 0.25) is 0 Å². The van der Waals surface area contributed by atoms with Crippen LogP contribution < -0.4 is 0 Å². The van der Waals surface area contributed by atoms with E-state index in [0.29, 0.717) is 0 Å². The van der Waals surface area contributed by atoms with Gasteiger partial charge in [0.15, 0.2) is 11.5 Å². The van der Waals surface area contributed by atoms with E-state index in [-0.39, 0.29) is 18.0 Å². The Labute approximate surface area is 93.9 Å². The SMILES string of the molecule is CCOC(=O)c1ncnc(C(C)(C)C)c1F. The van der Waals surface area contributed by atoms with Gasteiger partial charge >= 0.3 is 5.97 Å². The molecule has 0 unspecified atom stereocenters. The summed E-state index contributed by atoms with van der Waals surface area (Å²) in [6.07, 6.45) is 1.18. The number of nitrogens with zero attached hydrogens (tertiary/aromatic N) is 2. The van der Waals surface area contributed by atoms with Gasteiger partial charge in [-0.1, -0.05) is 20.8 Å². The molecule has 1 aromatic rings. The van der Waals surface area contributed by atoms with Crippen LogP contribution in [-0.4, -0.2) is 22.5 Å². The molecule has 0 radical (unpaired) electrons. The molecule has 0 N–H and O–H groups in total. The van der Waals surface area contributed by atoms with Crippen molar-refractivity contribution in [1.29, 1.82) is 0 Å². The van der Waals surface area contributed by atoms with Crippen molar-refractivity contribution >= 4 is 5.97 Å². The summed E-state index contributed by atoms with van der Waals surface area (Å²) in [5, 5.41) is 0. The van der Waals surface area contributed by atoms with E-state index >= 15 is 0 Å². The lowest BCUT2D eigenvalue weighted by Crippen LogP contribution is -2.20. The number of hydrogen-bond donors (Lipinski definition) is 0. The highest BCUT2D eigenvalue weighted by Crippen LogP contribution is 2.23. The summed E-state index contributed by atoms with van der Waals surface area (Å²) in [7, 11) is 0. The summed E-state index contributed by atoms with van der Waals surface area (Å²) in [4.78, 5) is 18.9. The number of carbonyl (C=O) groups excluding carboxylic acids is 1. The number of hydrogen-bond acceptors (Lipinski definition) is 4. The quantitative estimate of drug-likeness (QED) is 0.724. The average molecular weight is 226 g/mol. The first kappa shape index (κ1) is 12.5. The standard InChI is InChI=1S/C11H15FN2O2/c1-5-16-10(15)8-7(12)9(11(2,3)4)14-6-13-8/h6H,5H2,1-4H3. The Morgan fingerprint density at radius 1 is 1.44 bits per heavy atom. The van der Waals surface area contributed by atoms with Crippen LogP contribution in [0.3, 0.4) is 0 Å². The first-order chi connectivity index (χ1) is 7.38. The van der Waals surface area contributed by atoms with E-state index in [9.17, 15) is 9.18 Å². The summed E-state index contributed by atoms with van der Waals surface area (Å²) >= 11 is 0. The Hall–Kier alpha value is -1.52. The molecule has 5 heteroatoms. The predicted molar refractivity (Wildman–Crippen MR) is 56.6 cm³/mol. The Morgan fingerprint density at radius 2 is 2.06 bits per heavy atom. The first-order valence-electron chi connectivity index (χ1n) is 5.06. The minimum absolute atomic E-state index is 0.188. The molecule has 88 valence electrons. The van der Waals surface area contributed by atoms with Gasteiger partial charge in [-0.3, -0.25) is 0 Å². The molecule has 0 fully saturated rings. The molecular formula is C11H15FN2O2. The number of halogens is 1. The van der Waals surface area contributed by atoms with E-state index < -0.39 is 17.2 Å². The molecule has 0 spiro atoms. The van der Waals surface area contributed by atoms with Crippen molar-refractivity contribution in [2.24, 2.45) is 0 Å². The van der Waals surface area contributed by atoms with Crippen LogP contribution in [0.1, 0.15) is 43.9 Å². The lowest BCUT2D eigenvalue weighted by atomic mass is 9.91. The van der Waals surface area contributed by atoms with Gasteiger partial charge in [-0.2, -0.15) is 0 Å². The molecule has 0 saturated heterocycles. The number of carbonyl (C=O) groups is 1. The molecule has 1 aromatic heterocycles. The zero-order chi connectivity index (χ0) is 12.3. The maximum absolute atomic E-state index is 13.9. The van der Waals surface area contributed by atoms with Crippen molar-refractivity contribution in [2.45, 2.75) is 33.1 Å². The first-order valence-corrected chi connectivity index (χ1v) is 5.06. The van der Waals surface area contributed by atoms with E-state index in [0.717, 1.165) is 0 Å². The van der Waals surface area contributed by atoms with E-state index in [1.807, 2.05) is 20.8 Å². The van der Waals surface area contributed by atoms with Gasteiger partial charge in [-0.15, -0.1) is 0 Å². The summed E-state index contributed by atoms with van der Waals surface area (Å²) < 4.78 is 18.6. The van der Waals surface area contributed by atoms with Crippen LogP contribution in [0.25, 0.3) is 0 Å². The topological polar surface area (TPSA) is 52.1 Å². The van der Waals surface area contributed by atoms with Gasteiger partial charge in [0.2, 0.25) is 0 Å². The third-order valence-electron chi connectivity index (χ3n) is 1.97. The van der Waals surface area contributed by atoms with Crippen LogP contribution in [0.15, 0.2) is 6.33 Å². The van der Waals surface area contributed by atoms with Crippen molar-refractivity contribution in [2.75, 3.05) is 6.61 Å². The van der Waals surface area contributed by atoms with E-state index in [4.69, 9.17) is 4.74 Å². The minimum Gasteiger partial charge on any atom is -0.461 e. The summed E-state index contributed by atoms with van der Waals surface area (Å²) in [5.41, 5.74) is -0.568. The highest BCUT2D eigenvalue weighted by atomic mass is 19.1.